The normalized spacial score (nSPS) is 16.7. The maximum absolute atomic E-state index is 13.2. The lowest BCUT2D eigenvalue weighted by Gasteiger charge is -2.36. The average Bonchev–Trinajstić information content (AvgIpc) is 3.10. The monoisotopic (exact) mass is 333 g/mol. The maximum Gasteiger partial charge on any atom is 0.254 e. The van der Waals surface area contributed by atoms with E-state index >= 15 is 0 Å². The van der Waals surface area contributed by atoms with E-state index in [1.807, 2.05) is 54.3 Å². The van der Waals surface area contributed by atoms with Crippen molar-refractivity contribution in [2.45, 2.75) is 19.4 Å². The first kappa shape index (κ1) is 15.2. The van der Waals surface area contributed by atoms with Gasteiger partial charge in [-0.15, -0.1) is 11.3 Å². The van der Waals surface area contributed by atoms with Crippen LogP contribution >= 0.6 is 11.3 Å². The Morgan fingerprint density at radius 1 is 1.04 bits per heavy atom. The Kier molecular flexibility index (Phi) is 3.95. The molecule has 0 saturated carbocycles. The molecule has 0 N–H and O–H groups in total. The second-order valence-electron chi connectivity index (χ2n) is 6.23. The minimum atomic E-state index is 0.00926. The summed E-state index contributed by atoms with van der Waals surface area (Å²) in [5.41, 5.74) is 4.39. The molecular formula is C21H19NOS. The zero-order chi connectivity index (χ0) is 16.5. The number of nitrogens with zero attached hydrogens (tertiary/aromatic N) is 1. The van der Waals surface area contributed by atoms with Crippen LogP contribution in [0.3, 0.4) is 0 Å². The third kappa shape index (κ3) is 2.65. The molecule has 0 unspecified atom stereocenters. The fraction of sp³-hybridized carbons (Fsp3) is 0.190. The number of aryl methyl sites for hydroxylation is 1. The lowest BCUT2D eigenvalue weighted by Crippen LogP contribution is -2.40. The Labute approximate surface area is 146 Å². The lowest BCUT2D eigenvalue weighted by molar-refractivity contribution is 0.0696. The molecule has 0 saturated heterocycles. The Morgan fingerprint density at radius 3 is 2.54 bits per heavy atom. The molecule has 0 radical (unpaired) electrons. The summed E-state index contributed by atoms with van der Waals surface area (Å²) < 4.78 is 0. The van der Waals surface area contributed by atoms with Gasteiger partial charge in [0.05, 0.1) is 6.04 Å². The number of rotatable bonds is 2. The van der Waals surface area contributed by atoms with E-state index in [-0.39, 0.29) is 11.9 Å². The number of benzene rings is 2. The highest BCUT2D eigenvalue weighted by Gasteiger charge is 2.33. The molecule has 0 fully saturated rings. The topological polar surface area (TPSA) is 20.3 Å². The van der Waals surface area contributed by atoms with Gasteiger partial charge in [-0.05, 0) is 48.1 Å². The van der Waals surface area contributed by atoms with Gasteiger partial charge in [0.25, 0.3) is 5.91 Å². The summed E-state index contributed by atoms with van der Waals surface area (Å²) in [5.74, 6) is 0.112. The van der Waals surface area contributed by atoms with Crippen LogP contribution in [0.1, 0.15) is 38.0 Å². The average molecular weight is 333 g/mol. The van der Waals surface area contributed by atoms with Crippen molar-refractivity contribution in [2.24, 2.45) is 0 Å². The zero-order valence-electron chi connectivity index (χ0n) is 13.6. The smallest absolute Gasteiger partial charge is 0.254 e. The Bertz CT molecular complexity index is 851. The summed E-state index contributed by atoms with van der Waals surface area (Å²) in [5, 5.41) is 2.14. The van der Waals surface area contributed by atoms with E-state index in [1.54, 1.807) is 11.3 Å². The molecule has 1 atom stereocenters. The van der Waals surface area contributed by atoms with E-state index in [2.05, 4.69) is 23.6 Å². The van der Waals surface area contributed by atoms with Gasteiger partial charge in [0.1, 0.15) is 0 Å². The highest BCUT2D eigenvalue weighted by atomic mass is 32.1. The lowest BCUT2D eigenvalue weighted by atomic mass is 9.92. The third-order valence-corrected chi connectivity index (χ3v) is 5.64. The van der Waals surface area contributed by atoms with Crippen molar-refractivity contribution < 1.29 is 4.79 Å². The summed E-state index contributed by atoms with van der Waals surface area (Å²) in [6.45, 7) is 2.80. The van der Waals surface area contributed by atoms with Crippen LogP contribution in [0.25, 0.3) is 0 Å². The second-order valence-corrected chi connectivity index (χ2v) is 7.23. The van der Waals surface area contributed by atoms with Crippen LogP contribution in [0.5, 0.6) is 0 Å². The van der Waals surface area contributed by atoms with Crippen molar-refractivity contribution in [3.8, 4) is 0 Å². The molecular weight excluding hydrogens is 314 g/mol. The minimum Gasteiger partial charge on any atom is -0.327 e. The molecule has 4 rings (SSSR count). The molecule has 2 aromatic carbocycles. The molecule has 120 valence electrons. The predicted molar refractivity (Wildman–Crippen MR) is 98.5 cm³/mol. The Morgan fingerprint density at radius 2 is 1.79 bits per heavy atom. The number of hydrogen-bond acceptors (Lipinski definition) is 2. The van der Waals surface area contributed by atoms with E-state index in [1.165, 1.54) is 21.6 Å². The van der Waals surface area contributed by atoms with Crippen molar-refractivity contribution >= 4 is 17.2 Å². The van der Waals surface area contributed by atoms with Crippen LogP contribution < -0.4 is 0 Å². The quantitative estimate of drug-likeness (QED) is 0.657. The van der Waals surface area contributed by atoms with Gasteiger partial charge in [-0.25, -0.2) is 0 Å². The second kappa shape index (κ2) is 6.25. The highest BCUT2D eigenvalue weighted by Crippen LogP contribution is 2.38. The van der Waals surface area contributed by atoms with E-state index in [9.17, 15) is 4.79 Å². The summed E-state index contributed by atoms with van der Waals surface area (Å²) in [6, 6.07) is 20.4. The number of thiophene rings is 1. The van der Waals surface area contributed by atoms with Crippen molar-refractivity contribution in [3.05, 3.63) is 93.2 Å². The summed E-state index contributed by atoms with van der Waals surface area (Å²) >= 11 is 1.80. The molecule has 1 aliphatic rings. The first-order valence-electron chi connectivity index (χ1n) is 8.23. The van der Waals surface area contributed by atoms with Gasteiger partial charge in [0.15, 0.2) is 0 Å². The Balaban J connectivity index is 1.76. The van der Waals surface area contributed by atoms with Crippen LogP contribution in [-0.4, -0.2) is 17.4 Å². The van der Waals surface area contributed by atoms with Crippen molar-refractivity contribution in [1.82, 2.24) is 4.90 Å². The Hall–Kier alpha value is -2.39. The molecule has 1 amide bonds. The van der Waals surface area contributed by atoms with Gasteiger partial charge < -0.3 is 4.90 Å². The van der Waals surface area contributed by atoms with Crippen molar-refractivity contribution in [3.63, 3.8) is 0 Å². The molecule has 0 spiro atoms. The van der Waals surface area contributed by atoms with Crippen molar-refractivity contribution in [1.29, 1.82) is 0 Å². The first-order valence-corrected chi connectivity index (χ1v) is 9.11. The number of carbonyl (C=O) groups is 1. The summed E-state index contributed by atoms with van der Waals surface area (Å²) in [6.07, 6.45) is 0.938. The van der Waals surface area contributed by atoms with E-state index in [4.69, 9.17) is 0 Å². The molecule has 2 heterocycles. The predicted octanol–water partition coefficient (Wildman–Crippen LogP) is 4.84. The van der Waals surface area contributed by atoms with E-state index in [0.717, 1.165) is 18.5 Å². The van der Waals surface area contributed by atoms with Crippen LogP contribution in [-0.2, 0) is 6.42 Å². The van der Waals surface area contributed by atoms with Crippen LogP contribution in [0.15, 0.2) is 66.0 Å². The van der Waals surface area contributed by atoms with Crippen LogP contribution in [0.4, 0.5) is 0 Å². The maximum atomic E-state index is 13.2. The summed E-state index contributed by atoms with van der Waals surface area (Å²) in [4.78, 5) is 16.6. The molecule has 24 heavy (non-hydrogen) atoms. The fourth-order valence-electron chi connectivity index (χ4n) is 3.39. The molecule has 0 bridgehead atoms. The third-order valence-electron chi connectivity index (χ3n) is 4.64. The minimum absolute atomic E-state index is 0.00926. The zero-order valence-corrected chi connectivity index (χ0v) is 14.4. The van der Waals surface area contributed by atoms with E-state index in [0.29, 0.717) is 0 Å². The van der Waals surface area contributed by atoms with Crippen LogP contribution in [0.2, 0.25) is 0 Å². The standard InChI is InChI=1S/C21H19NOS/c1-15-7-9-17(10-8-15)21(23)22-13-11-19-18(12-14-24-19)20(22)16-5-3-2-4-6-16/h2-10,12,14,20H,11,13H2,1H3/t20-/m1/s1. The van der Waals surface area contributed by atoms with Gasteiger partial charge in [-0.2, -0.15) is 0 Å². The fourth-order valence-corrected chi connectivity index (χ4v) is 4.30. The van der Waals surface area contributed by atoms with Crippen molar-refractivity contribution in [2.75, 3.05) is 6.54 Å². The molecule has 3 heteroatoms. The summed E-state index contributed by atoms with van der Waals surface area (Å²) in [7, 11) is 0. The SMILES string of the molecule is Cc1ccc(C(=O)N2CCc3sccc3[C@H]2c2ccccc2)cc1. The molecule has 2 nitrogen and oxygen atoms in total. The number of fused-ring (bicyclic) bond motifs is 1. The highest BCUT2D eigenvalue weighted by molar-refractivity contribution is 7.10. The molecule has 0 aliphatic carbocycles. The van der Waals surface area contributed by atoms with Gasteiger partial charge in [0, 0.05) is 17.0 Å². The van der Waals surface area contributed by atoms with E-state index < -0.39 is 0 Å². The largest absolute Gasteiger partial charge is 0.327 e. The number of carbonyl (C=O) groups excluding carboxylic acids is 1. The van der Waals surface area contributed by atoms with Crippen LogP contribution in [0, 0.1) is 6.92 Å². The van der Waals surface area contributed by atoms with Gasteiger partial charge in [-0.1, -0.05) is 48.0 Å². The number of amides is 1. The van der Waals surface area contributed by atoms with Gasteiger partial charge in [0.2, 0.25) is 0 Å². The first-order chi connectivity index (χ1) is 11.7. The number of hydrogen-bond donors (Lipinski definition) is 0. The molecule has 1 aromatic heterocycles. The van der Waals surface area contributed by atoms with Gasteiger partial charge >= 0.3 is 0 Å². The van der Waals surface area contributed by atoms with Gasteiger partial charge in [-0.3, -0.25) is 4.79 Å². The molecule has 1 aliphatic heterocycles. The molecule has 3 aromatic rings.